The number of carbonyl (C=O) groups is 1. The second kappa shape index (κ2) is 9.87. The highest BCUT2D eigenvalue weighted by atomic mass is 35.5. The normalized spacial score (nSPS) is 10.7. The van der Waals surface area contributed by atoms with Crippen molar-refractivity contribution in [3.8, 4) is 17.1 Å². The molecule has 1 aromatic carbocycles. The summed E-state index contributed by atoms with van der Waals surface area (Å²) in [6, 6.07) is 11.3. The van der Waals surface area contributed by atoms with E-state index in [0.717, 1.165) is 16.2 Å². The summed E-state index contributed by atoms with van der Waals surface area (Å²) in [5, 5.41) is 7.14. The van der Waals surface area contributed by atoms with E-state index in [9.17, 15) is 4.79 Å². The Hall–Kier alpha value is -2.42. The van der Waals surface area contributed by atoms with Crippen molar-refractivity contribution < 1.29 is 9.53 Å². The number of nitrogens with zero attached hydrogens (tertiary/aromatic N) is 3. The average Bonchev–Trinajstić information content (AvgIpc) is 3.31. The van der Waals surface area contributed by atoms with Crippen LogP contribution in [-0.4, -0.2) is 39.2 Å². The number of rotatable bonds is 9. The molecule has 0 aliphatic carbocycles. The highest BCUT2D eigenvalue weighted by molar-refractivity contribution is 7.71. The lowest BCUT2D eigenvalue weighted by Gasteiger charge is -2.20. The standard InChI is InChI=1S/C20H21ClN4O2S2/c1-3-11-24(13-16-8-9-17(21)29-16)18(26)10-12-25-19(22-23-20(25)28)14-4-6-15(27-2)7-5-14/h3-9H,1,10-13H2,2H3,(H,23,28). The van der Waals surface area contributed by atoms with Crippen molar-refractivity contribution in [3.63, 3.8) is 0 Å². The number of aromatic nitrogens is 3. The molecular formula is C20H21ClN4O2S2. The monoisotopic (exact) mass is 448 g/mol. The van der Waals surface area contributed by atoms with E-state index in [4.69, 9.17) is 28.6 Å². The van der Waals surface area contributed by atoms with Crippen LogP contribution >= 0.6 is 35.2 Å². The number of hydrogen-bond donors (Lipinski definition) is 1. The van der Waals surface area contributed by atoms with Gasteiger partial charge in [-0.15, -0.1) is 17.9 Å². The summed E-state index contributed by atoms with van der Waals surface area (Å²) in [4.78, 5) is 15.6. The van der Waals surface area contributed by atoms with Crippen molar-refractivity contribution in [2.45, 2.75) is 19.5 Å². The van der Waals surface area contributed by atoms with Gasteiger partial charge in [0.25, 0.3) is 0 Å². The molecule has 0 fully saturated rings. The van der Waals surface area contributed by atoms with Crippen molar-refractivity contribution in [1.29, 1.82) is 0 Å². The lowest BCUT2D eigenvalue weighted by Crippen LogP contribution is -2.31. The molecule has 2 heterocycles. The van der Waals surface area contributed by atoms with Gasteiger partial charge in [0, 0.05) is 30.0 Å². The molecule has 0 spiro atoms. The van der Waals surface area contributed by atoms with Gasteiger partial charge in [-0.25, -0.2) is 0 Å². The topological polar surface area (TPSA) is 63.1 Å². The fourth-order valence-corrected chi connectivity index (χ4v) is 4.21. The van der Waals surface area contributed by atoms with E-state index in [1.165, 1.54) is 11.3 Å². The molecule has 0 saturated heterocycles. The molecule has 0 unspecified atom stereocenters. The van der Waals surface area contributed by atoms with Crippen molar-refractivity contribution in [3.05, 3.63) is 63.0 Å². The SMILES string of the molecule is C=CCN(Cc1ccc(Cl)s1)C(=O)CCn1c(-c2ccc(OC)cc2)n[nH]c1=S. The first-order valence-corrected chi connectivity index (χ1v) is 10.5. The Morgan fingerprint density at radius 2 is 2.14 bits per heavy atom. The van der Waals surface area contributed by atoms with Crippen LogP contribution in [0.2, 0.25) is 4.34 Å². The molecule has 0 aliphatic rings. The number of thiophene rings is 1. The van der Waals surface area contributed by atoms with Gasteiger partial charge in [0.2, 0.25) is 5.91 Å². The van der Waals surface area contributed by atoms with Crippen molar-refractivity contribution in [1.82, 2.24) is 19.7 Å². The second-order valence-electron chi connectivity index (χ2n) is 6.25. The molecule has 1 N–H and O–H groups in total. The molecule has 0 radical (unpaired) electrons. The summed E-state index contributed by atoms with van der Waals surface area (Å²) >= 11 is 12.8. The summed E-state index contributed by atoms with van der Waals surface area (Å²) < 4.78 is 8.22. The van der Waals surface area contributed by atoms with Gasteiger partial charge in [0.1, 0.15) is 5.75 Å². The summed E-state index contributed by atoms with van der Waals surface area (Å²) in [5.41, 5.74) is 0.891. The molecule has 0 saturated carbocycles. The van der Waals surface area contributed by atoms with Crippen LogP contribution < -0.4 is 4.74 Å². The molecular weight excluding hydrogens is 428 g/mol. The summed E-state index contributed by atoms with van der Waals surface area (Å²) in [5.74, 6) is 1.46. The zero-order chi connectivity index (χ0) is 20.8. The number of ether oxygens (including phenoxy) is 1. The maximum absolute atomic E-state index is 12.8. The Bertz CT molecular complexity index is 1040. The van der Waals surface area contributed by atoms with Gasteiger partial charge in [0.05, 0.1) is 18.0 Å². The van der Waals surface area contributed by atoms with Crippen LogP contribution in [0.25, 0.3) is 11.4 Å². The van der Waals surface area contributed by atoms with Gasteiger partial charge in [0.15, 0.2) is 10.6 Å². The molecule has 3 rings (SSSR count). The molecule has 152 valence electrons. The third kappa shape index (κ3) is 5.35. The third-order valence-electron chi connectivity index (χ3n) is 4.33. The van der Waals surface area contributed by atoms with Gasteiger partial charge < -0.3 is 9.64 Å². The average molecular weight is 449 g/mol. The van der Waals surface area contributed by atoms with Crippen LogP contribution in [0.3, 0.4) is 0 Å². The molecule has 9 heteroatoms. The number of benzene rings is 1. The second-order valence-corrected chi connectivity index (χ2v) is 8.44. The zero-order valence-corrected chi connectivity index (χ0v) is 18.3. The third-order valence-corrected chi connectivity index (χ3v) is 5.86. The van der Waals surface area contributed by atoms with Crippen LogP contribution in [0.1, 0.15) is 11.3 Å². The maximum Gasteiger partial charge on any atom is 0.224 e. The summed E-state index contributed by atoms with van der Waals surface area (Å²) in [6.45, 7) is 5.16. The molecule has 0 aliphatic heterocycles. The number of nitrogens with one attached hydrogen (secondary N) is 1. The number of aromatic amines is 1. The van der Waals surface area contributed by atoms with E-state index >= 15 is 0 Å². The van der Waals surface area contributed by atoms with Gasteiger partial charge in [-0.05, 0) is 48.6 Å². The van der Waals surface area contributed by atoms with Crippen LogP contribution in [-0.2, 0) is 17.9 Å². The number of hydrogen-bond acceptors (Lipinski definition) is 5. The Balaban J connectivity index is 1.72. The molecule has 0 bridgehead atoms. The van der Waals surface area contributed by atoms with Crippen LogP contribution in [0.5, 0.6) is 5.75 Å². The summed E-state index contributed by atoms with van der Waals surface area (Å²) in [7, 11) is 1.62. The van der Waals surface area contributed by atoms with Gasteiger partial charge in [-0.3, -0.25) is 14.5 Å². The summed E-state index contributed by atoms with van der Waals surface area (Å²) in [6.07, 6.45) is 2.02. The van der Waals surface area contributed by atoms with Gasteiger partial charge in [-0.1, -0.05) is 17.7 Å². The van der Waals surface area contributed by atoms with Gasteiger partial charge >= 0.3 is 0 Å². The van der Waals surface area contributed by atoms with Crippen molar-refractivity contribution in [2.75, 3.05) is 13.7 Å². The van der Waals surface area contributed by atoms with Crippen LogP contribution in [0, 0.1) is 4.77 Å². The first-order chi connectivity index (χ1) is 14.0. The minimum absolute atomic E-state index is 0.0122. The van der Waals surface area contributed by atoms with E-state index in [1.807, 2.05) is 41.0 Å². The zero-order valence-electron chi connectivity index (χ0n) is 15.9. The Morgan fingerprint density at radius 3 is 2.76 bits per heavy atom. The quantitative estimate of drug-likeness (QED) is 0.372. The van der Waals surface area contributed by atoms with E-state index < -0.39 is 0 Å². The number of halogens is 1. The van der Waals surface area contributed by atoms with Crippen LogP contribution in [0.15, 0.2) is 49.1 Å². The first kappa shape index (κ1) is 21.3. The fourth-order valence-electron chi connectivity index (χ4n) is 2.89. The highest BCUT2D eigenvalue weighted by Crippen LogP contribution is 2.24. The molecule has 0 atom stereocenters. The lowest BCUT2D eigenvalue weighted by molar-refractivity contribution is -0.131. The van der Waals surface area contributed by atoms with Crippen molar-refractivity contribution >= 4 is 41.1 Å². The molecule has 6 nitrogen and oxygen atoms in total. The van der Waals surface area contributed by atoms with Crippen molar-refractivity contribution in [2.24, 2.45) is 0 Å². The molecule has 1 amide bonds. The number of carbonyl (C=O) groups excluding carboxylic acids is 1. The van der Waals surface area contributed by atoms with E-state index in [2.05, 4.69) is 16.8 Å². The molecule has 29 heavy (non-hydrogen) atoms. The smallest absolute Gasteiger partial charge is 0.224 e. The predicted octanol–water partition coefficient (Wildman–Crippen LogP) is 4.94. The maximum atomic E-state index is 12.8. The minimum Gasteiger partial charge on any atom is -0.497 e. The minimum atomic E-state index is 0.0122. The fraction of sp³-hybridized carbons (Fsp3) is 0.250. The number of H-pyrrole nitrogens is 1. The van der Waals surface area contributed by atoms with E-state index in [-0.39, 0.29) is 5.91 Å². The molecule has 3 aromatic rings. The van der Waals surface area contributed by atoms with E-state index in [1.54, 1.807) is 18.1 Å². The Kier molecular flexibility index (Phi) is 7.24. The Morgan fingerprint density at radius 1 is 1.38 bits per heavy atom. The van der Waals surface area contributed by atoms with E-state index in [0.29, 0.717) is 41.0 Å². The lowest BCUT2D eigenvalue weighted by atomic mass is 10.2. The number of amides is 1. The number of methoxy groups -OCH3 is 1. The first-order valence-electron chi connectivity index (χ1n) is 8.94. The molecule has 2 aromatic heterocycles. The largest absolute Gasteiger partial charge is 0.497 e. The highest BCUT2D eigenvalue weighted by Gasteiger charge is 2.16. The predicted molar refractivity (Wildman–Crippen MR) is 119 cm³/mol. The Labute approximate surface area is 183 Å². The van der Waals surface area contributed by atoms with Gasteiger partial charge in [-0.2, -0.15) is 5.10 Å². The van der Waals surface area contributed by atoms with Crippen LogP contribution in [0.4, 0.5) is 0 Å².